The zero-order valence-corrected chi connectivity index (χ0v) is 22.1. The fraction of sp³-hybridized carbons (Fsp3) is 0.615. The van der Waals surface area contributed by atoms with E-state index in [9.17, 15) is 29.4 Å². The summed E-state index contributed by atoms with van der Waals surface area (Å²) in [6.07, 6.45) is 0.765. The minimum Gasteiger partial charge on any atom is -0.508 e. The van der Waals surface area contributed by atoms with Crippen molar-refractivity contribution in [1.29, 1.82) is 0 Å². The predicted molar refractivity (Wildman–Crippen MR) is 137 cm³/mol. The van der Waals surface area contributed by atoms with Crippen LogP contribution in [0.2, 0.25) is 0 Å². The van der Waals surface area contributed by atoms with E-state index in [4.69, 9.17) is 5.73 Å². The highest BCUT2D eigenvalue weighted by atomic mass is 16.4. The molecule has 0 fully saturated rings. The van der Waals surface area contributed by atoms with Crippen LogP contribution in [0.15, 0.2) is 24.3 Å². The second-order valence-electron chi connectivity index (χ2n) is 10.4. The number of aromatic hydroxyl groups is 1. The van der Waals surface area contributed by atoms with E-state index in [0.29, 0.717) is 6.42 Å². The molecule has 202 valence electrons. The fourth-order valence-electron chi connectivity index (χ4n) is 3.70. The maximum Gasteiger partial charge on any atom is 0.326 e. The molecule has 0 saturated heterocycles. The maximum atomic E-state index is 13.1. The number of benzene rings is 1. The molecule has 1 rings (SSSR count). The molecule has 7 N–H and O–H groups in total. The Balaban J connectivity index is 2.92. The molecule has 0 bridgehead atoms. The summed E-state index contributed by atoms with van der Waals surface area (Å²) < 4.78 is 0. The number of hydrogen-bond donors (Lipinski definition) is 6. The highest BCUT2D eigenvalue weighted by molar-refractivity contribution is 5.94. The van der Waals surface area contributed by atoms with Gasteiger partial charge in [-0.25, -0.2) is 4.79 Å². The van der Waals surface area contributed by atoms with E-state index < -0.39 is 47.9 Å². The molecule has 3 amide bonds. The number of aliphatic carboxylic acids is 1. The lowest BCUT2D eigenvalue weighted by Gasteiger charge is -2.28. The number of amides is 3. The molecule has 0 aliphatic heterocycles. The molecule has 0 aliphatic carbocycles. The van der Waals surface area contributed by atoms with Crippen LogP contribution >= 0.6 is 0 Å². The van der Waals surface area contributed by atoms with Gasteiger partial charge in [0.1, 0.15) is 23.9 Å². The second-order valence-corrected chi connectivity index (χ2v) is 10.4. The largest absolute Gasteiger partial charge is 0.508 e. The molecular formula is C26H42N4O6. The molecule has 0 heterocycles. The first-order valence-corrected chi connectivity index (χ1v) is 12.4. The predicted octanol–water partition coefficient (Wildman–Crippen LogP) is 1.55. The third kappa shape index (κ3) is 10.6. The Bertz CT molecular complexity index is 885. The zero-order chi connectivity index (χ0) is 27.6. The summed E-state index contributed by atoms with van der Waals surface area (Å²) in [7, 11) is 0. The average Bonchev–Trinajstić information content (AvgIpc) is 2.76. The summed E-state index contributed by atoms with van der Waals surface area (Å²) in [5.74, 6) is -2.89. The van der Waals surface area contributed by atoms with Gasteiger partial charge in [0.05, 0.1) is 6.04 Å². The highest BCUT2D eigenvalue weighted by Crippen LogP contribution is 2.13. The first kappa shape index (κ1) is 30.9. The molecule has 0 saturated carbocycles. The Morgan fingerprint density at radius 3 is 1.75 bits per heavy atom. The summed E-state index contributed by atoms with van der Waals surface area (Å²) in [6, 6.07) is 2.42. The number of phenolic OH excluding ortho intramolecular Hbond substituents is 1. The third-order valence-corrected chi connectivity index (χ3v) is 5.64. The Morgan fingerprint density at radius 2 is 1.28 bits per heavy atom. The number of nitrogens with two attached hydrogens (primary N) is 1. The molecular weight excluding hydrogens is 464 g/mol. The number of carboxylic acids is 1. The molecule has 1 aromatic rings. The number of carbonyl (C=O) groups is 4. The quantitative estimate of drug-likeness (QED) is 0.222. The number of carboxylic acid groups (broad SMARTS) is 1. The van der Waals surface area contributed by atoms with Crippen molar-refractivity contribution in [3.63, 3.8) is 0 Å². The van der Waals surface area contributed by atoms with Crippen molar-refractivity contribution in [3.8, 4) is 5.75 Å². The van der Waals surface area contributed by atoms with Crippen LogP contribution in [0.1, 0.15) is 59.9 Å². The van der Waals surface area contributed by atoms with E-state index in [2.05, 4.69) is 16.0 Å². The van der Waals surface area contributed by atoms with Crippen LogP contribution in [0.25, 0.3) is 0 Å². The van der Waals surface area contributed by atoms with Crippen molar-refractivity contribution in [2.45, 2.75) is 85.0 Å². The topological polar surface area (TPSA) is 171 Å². The van der Waals surface area contributed by atoms with Crippen molar-refractivity contribution >= 4 is 23.7 Å². The Labute approximate surface area is 213 Å². The van der Waals surface area contributed by atoms with Crippen molar-refractivity contribution < 1.29 is 29.4 Å². The summed E-state index contributed by atoms with van der Waals surface area (Å²) in [5.41, 5.74) is 6.80. The molecule has 0 radical (unpaired) electrons. The van der Waals surface area contributed by atoms with Gasteiger partial charge in [-0.05, 0) is 54.7 Å². The summed E-state index contributed by atoms with van der Waals surface area (Å²) in [4.78, 5) is 50.4. The SMILES string of the molecule is CC(C)CC(NC(=O)C(CC(C)C)NC(=O)C(NC(=O)C(N)Cc1ccc(O)cc1)C(C)C)C(=O)O. The Kier molecular flexibility index (Phi) is 12.4. The number of nitrogens with one attached hydrogen (secondary N) is 3. The van der Waals surface area contributed by atoms with E-state index in [1.54, 1.807) is 26.0 Å². The Morgan fingerprint density at radius 1 is 0.778 bits per heavy atom. The lowest BCUT2D eigenvalue weighted by molar-refractivity contribution is -0.143. The minimum absolute atomic E-state index is 0.0419. The molecule has 1 aromatic carbocycles. The van der Waals surface area contributed by atoms with E-state index in [1.165, 1.54) is 12.1 Å². The van der Waals surface area contributed by atoms with Gasteiger partial charge in [-0.2, -0.15) is 0 Å². The van der Waals surface area contributed by atoms with Gasteiger partial charge in [0.15, 0.2) is 0 Å². The van der Waals surface area contributed by atoms with Crippen LogP contribution in [0.5, 0.6) is 5.75 Å². The van der Waals surface area contributed by atoms with E-state index in [-0.39, 0.29) is 36.3 Å². The first-order chi connectivity index (χ1) is 16.7. The number of carbonyl (C=O) groups excluding carboxylic acids is 3. The average molecular weight is 507 g/mol. The summed E-state index contributed by atoms with van der Waals surface area (Å²) in [5, 5.41) is 26.8. The summed E-state index contributed by atoms with van der Waals surface area (Å²) in [6.45, 7) is 11.0. The number of hydrogen-bond acceptors (Lipinski definition) is 6. The van der Waals surface area contributed by atoms with Gasteiger partial charge < -0.3 is 31.9 Å². The van der Waals surface area contributed by atoms with Crippen LogP contribution < -0.4 is 21.7 Å². The molecule has 4 unspecified atom stereocenters. The smallest absolute Gasteiger partial charge is 0.326 e. The molecule has 0 spiro atoms. The van der Waals surface area contributed by atoms with Crippen LogP contribution in [-0.2, 0) is 25.6 Å². The lowest BCUT2D eigenvalue weighted by atomic mass is 9.98. The fourth-order valence-corrected chi connectivity index (χ4v) is 3.70. The van der Waals surface area contributed by atoms with Gasteiger partial charge in [0.25, 0.3) is 0 Å². The van der Waals surface area contributed by atoms with Gasteiger partial charge >= 0.3 is 5.97 Å². The molecule has 10 nitrogen and oxygen atoms in total. The number of rotatable bonds is 14. The van der Waals surface area contributed by atoms with E-state index in [0.717, 1.165) is 5.56 Å². The maximum absolute atomic E-state index is 13.1. The highest BCUT2D eigenvalue weighted by Gasteiger charge is 2.32. The monoisotopic (exact) mass is 506 g/mol. The molecule has 0 aliphatic rings. The van der Waals surface area contributed by atoms with Crippen molar-refractivity contribution in [2.24, 2.45) is 23.5 Å². The standard InChI is InChI=1S/C26H42N4O6/c1-14(2)11-20(24(33)29-21(26(35)36)12-15(3)4)28-25(34)22(16(5)6)30-23(32)19(27)13-17-7-9-18(31)10-8-17/h7-10,14-16,19-22,31H,11-13,27H2,1-6H3,(H,28,34)(H,29,33)(H,30,32)(H,35,36). The molecule has 36 heavy (non-hydrogen) atoms. The van der Waals surface area contributed by atoms with Gasteiger partial charge in [0, 0.05) is 0 Å². The van der Waals surface area contributed by atoms with Crippen LogP contribution in [0.4, 0.5) is 0 Å². The van der Waals surface area contributed by atoms with E-state index in [1.807, 2.05) is 27.7 Å². The van der Waals surface area contributed by atoms with Gasteiger partial charge in [-0.15, -0.1) is 0 Å². The normalized spacial score (nSPS) is 14.7. The number of phenols is 1. The second kappa shape index (κ2) is 14.4. The Hall–Kier alpha value is -3.14. The molecule has 0 aromatic heterocycles. The summed E-state index contributed by atoms with van der Waals surface area (Å²) >= 11 is 0. The third-order valence-electron chi connectivity index (χ3n) is 5.64. The minimum atomic E-state index is -1.14. The van der Waals surface area contributed by atoms with Crippen molar-refractivity contribution in [3.05, 3.63) is 29.8 Å². The van der Waals surface area contributed by atoms with Crippen molar-refractivity contribution in [1.82, 2.24) is 16.0 Å². The molecule has 10 heteroatoms. The van der Waals surface area contributed by atoms with Gasteiger partial charge in [-0.1, -0.05) is 53.7 Å². The van der Waals surface area contributed by atoms with E-state index >= 15 is 0 Å². The lowest BCUT2D eigenvalue weighted by Crippen LogP contribution is -2.58. The van der Waals surface area contributed by atoms with Gasteiger partial charge in [-0.3, -0.25) is 14.4 Å². The van der Waals surface area contributed by atoms with Crippen LogP contribution in [0.3, 0.4) is 0 Å². The molecule has 4 atom stereocenters. The van der Waals surface area contributed by atoms with Crippen LogP contribution in [-0.4, -0.2) is 58.1 Å². The van der Waals surface area contributed by atoms with Gasteiger partial charge in [0.2, 0.25) is 17.7 Å². The van der Waals surface area contributed by atoms with Crippen LogP contribution in [0, 0.1) is 17.8 Å². The first-order valence-electron chi connectivity index (χ1n) is 12.4. The van der Waals surface area contributed by atoms with Crippen molar-refractivity contribution in [2.75, 3.05) is 0 Å². The zero-order valence-electron chi connectivity index (χ0n) is 22.1.